The first-order valence-corrected chi connectivity index (χ1v) is 8.28. The Bertz CT molecular complexity index is 188. The van der Waals surface area contributed by atoms with Crippen molar-refractivity contribution in [1.29, 1.82) is 0 Å². The zero-order chi connectivity index (χ0) is 10.8. The molecule has 15 heavy (non-hydrogen) atoms. The number of hydrogen-bond donors (Lipinski definition) is 0. The van der Waals surface area contributed by atoms with Crippen LogP contribution in [0.3, 0.4) is 0 Å². The van der Waals surface area contributed by atoms with E-state index in [0.717, 1.165) is 43.8 Å². The van der Waals surface area contributed by atoms with Crippen LogP contribution in [0.15, 0.2) is 0 Å². The molecule has 2 aliphatic rings. The zero-order valence-corrected chi connectivity index (χ0v) is 11.1. The van der Waals surface area contributed by atoms with Crippen LogP contribution in [0.1, 0.15) is 13.8 Å². The zero-order valence-electron chi connectivity index (χ0n) is 9.94. The highest BCUT2D eigenvalue weighted by Crippen LogP contribution is 2.39. The first-order chi connectivity index (χ1) is 7.18. The van der Waals surface area contributed by atoms with Crippen LogP contribution in [-0.4, -0.2) is 41.6 Å². The molecule has 0 aromatic rings. The van der Waals surface area contributed by atoms with Gasteiger partial charge >= 0.3 is 0 Å². The standard InChI is InChI=1S/C11H22O3Si/c1-8(2)14-15(3)11(9-4-12-5-9)10-6-13-7-10/h8-11,15H,4-7H2,1-3H3. The molecule has 2 rings (SSSR count). The minimum atomic E-state index is -1.08. The van der Waals surface area contributed by atoms with E-state index in [1.807, 2.05) is 0 Å². The maximum absolute atomic E-state index is 6.05. The molecular formula is C11H22O3Si. The van der Waals surface area contributed by atoms with E-state index in [0.29, 0.717) is 6.10 Å². The Labute approximate surface area is 93.8 Å². The Balaban J connectivity index is 1.90. The quantitative estimate of drug-likeness (QED) is 0.669. The summed E-state index contributed by atoms with van der Waals surface area (Å²) in [4.78, 5) is 0. The molecule has 88 valence electrons. The second kappa shape index (κ2) is 4.95. The summed E-state index contributed by atoms with van der Waals surface area (Å²) in [6.45, 7) is 10.4. The highest BCUT2D eigenvalue weighted by Gasteiger charge is 2.42. The molecule has 0 spiro atoms. The number of rotatable bonds is 5. The van der Waals surface area contributed by atoms with E-state index >= 15 is 0 Å². The van der Waals surface area contributed by atoms with Gasteiger partial charge in [-0.05, 0) is 25.9 Å². The van der Waals surface area contributed by atoms with E-state index in [-0.39, 0.29) is 0 Å². The van der Waals surface area contributed by atoms with Gasteiger partial charge in [0.1, 0.15) is 0 Å². The predicted molar refractivity (Wildman–Crippen MR) is 61.6 cm³/mol. The normalized spacial score (nSPS) is 25.4. The van der Waals surface area contributed by atoms with Crippen LogP contribution in [0, 0.1) is 11.8 Å². The van der Waals surface area contributed by atoms with Gasteiger partial charge in [-0.25, -0.2) is 0 Å². The largest absolute Gasteiger partial charge is 0.418 e. The van der Waals surface area contributed by atoms with Crippen molar-refractivity contribution in [3.05, 3.63) is 0 Å². The number of hydrogen-bond acceptors (Lipinski definition) is 3. The van der Waals surface area contributed by atoms with Crippen LogP contribution in [0.2, 0.25) is 12.1 Å². The van der Waals surface area contributed by atoms with Gasteiger partial charge in [0.2, 0.25) is 0 Å². The van der Waals surface area contributed by atoms with Crippen LogP contribution in [0.25, 0.3) is 0 Å². The van der Waals surface area contributed by atoms with E-state index in [4.69, 9.17) is 13.9 Å². The lowest BCUT2D eigenvalue weighted by Gasteiger charge is -2.44. The SMILES string of the molecule is CC(C)O[SiH](C)C(C1COC1)C1COC1. The lowest BCUT2D eigenvalue weighted by atomic mass is 9.91. The molecule has 4 heteroatoms. The Hall–Kier alpha value is 0.0969. The van der Waals surface area contributed by atoms with Crippen LogP contribution in [0.5, 0.6) is 0 Å². The van der Waals surface area contributed by atoms with E-state index in [9.17, 15) is 0 Å². The van der Waals surface area contributed by atoms with Gasteiger partial charge in [0.05, 0.1) is 26.4 Å². The molecule has 3 nitrogen and oxygen atoms in total. The molecular weight excluding hydrogens is 208 g/mol. The van der Waals surface area contributed by atoms with Crippen LogP contribution < -0.4 is 0 Å². The fourth-order valence-electron chi connectivity index (χ4n) is 2.62. The van der Waals surface area contributed by atoms with Crippen molar-refractivity contribution in [2.24, 2.45) is 11.8 Å². The summed E-state index contributed by atoms with van der Waals surface area (Å²) in [7, 11) is -1.08. The van der Waals surface area contributed by atoms with E-state index in [1.54, 1.807) is 0 Å². The maximum atomic E-state index is 6.05. The van der Waals surface area contributed by atoms with Crippen molar-refractivity contribution in [2.75, 3.05) is 26.4 Å². The molecule has 1 unspecified atom stereocenters. The minimum Gasteiger partial charge on any atom is -0.418 e. The average Bonchev–Trinajstić information content (AvgIpc) is 1.94. The van der Waals surface area contributed by atoms with Crippen LogP contribution in [-0.2, 0) is 13.9 Å². The summed E-state index contributed by atoms with van der Waals surface area (Å²) in [6.07, 6.45) is 0.371. The van der Waals surface area contributed by atoms with Gasteiger partial charge in [0, 0.05) is 17.9 Å². The highest BCUT2D eigenvalue weighted by molar-refractivity contribution is 6.52. The molecule has 1 atom stereocenters. The Kier molecular flexibility index (Phi) is 3.82. The van der Waals surface area contributed by atoms with Gasteiger partial charge in [-0.2, -0.15) is 0 Å². The Morgan fingerprint density at radius 3 is 1.80 bits per heavy atom. The second-order valence-corrected chi connectivity index (χ2v) is 7.51. The molecule has 0 N–H and O–H groups in total. The molecule has 0 amide bonds. The molecule has 0 aromatic carbocycles. The third-order valence-electron chi connectivity index (χ3n) is 3.45. The first kappa shape index (κ1) is 11.6. The van der Waals surface area contributed by atoms with Crippen molar-refractivity contribution in [2.45, 2.75) is 32.0 Å². The Morgan fingerprint density at radius 1 is 1.07 bits per heavy atom. The smallest absolute Gasteiger partial charge is 0.178 e. The van der Waals surface area contributed by atoms with E-state index in [1.165, 1.54) is 0 Å². The first-order valence-electron chi connectivity index (χ1n) is 5.99. The van der Waals surface area contributed by atoms with Crippen molar-refractivity contribution in [3.8, 4) is 0 Å². The van der Waals surface area contributed by atoms with Gasteiger partial charge in [0.25, 0.3) is 0 Å². The van der Waals surface area contributed by atoms with Crippen molar-refractivity contribution < 1.29 is 13.9 Å². The molecule has 0 saturated carbocycles. The van der Waals surface area contributed by atoms with Gasteiger partial charge in [-0.1, -0.05) is 0 Å². The molecule has 0 aliphatic carbocycles. The van der Waals surface area contributed by atoms with Gasteiger partial charge < -0.3 is 13.9 Å². The molecule has 0 radical (unpaired) electrons. The van der Waals surface area contributed by atoms with Crippen LogP contribution in [0.4, 0.5) is 0 Å². The van der Waals surface area contributed by atoms with Gasteiger partial charge in [-0.15, -0.1) is 0 Å². The predicted octanol–water partition coefficient (Wildman–Crippen LogP) is 1.43. The molecule has 2 heterocycles. The summed E-state index contributed by atoms with van der Waals surface area (Å²) in [6, 6.07) is 0. The topological polar surface area (TPSA) is 27.7 Å². The third kappa shape index (κ3) is 2.61. The second-order valence-electron chi connectivity index (χ2n) is 5.06. The monoisotopic (exact) mass is 230 g/mol. The van der Waals surface area contributed by atoms with Crippen LogP contribution >= 0.6 is 0 Å². The summed E-state index contributed by atoms with van der Waals surface area (Å²) < 4.78 is 16.7. The highest BCUT2D eigenvalue weighted by atomic mass is 28.3. The molecule has 0 aromatic heterocycles. The summed E-state index contributed by atoms with van der Waals surface area (Å²) >= 11 is 0. The van der Waals surface area contributed by atoms with Crippen molar-refractivity contribution in [1.82, 2.24) is 0 Å². The lowest BCUT2D eigenvalue weighted by molar-refractivity contribution is -0.0926. The summed E-state index contributed by atoms with van der Waals surface area (Å²) in [5, 5.41) is 0. The molecule has 0 bridgehead atoms. The van der Waals surface area contributed by atoms with E-state index in [2.05, 4.69) is 20.4 Å². The minimum absolute atomic E-state index is 0.371. The van der Waals surface area contributed by atoms with E-state index < -0.39 is 9.04 Å². The van der Waals surface area contributed by atoms with Crippen molar-refractivity contribution in [3.63, 3.8) is 0 Å². The molecule has 2 aliphatic heterocycles. The molecule has 2 saturated heterocycles. The Morgan fingerprint density at radius 2 is 1.53 bits per heavy atom. The number of ether oxygens (including phenoxy) is 2. The summed E-state index contributed by atoms with van der Waals surface area (Å²) in [5.74, 6) is 1.50. The molecule has 2 fully saturated rings. The van der Waals surface area contributed by atoms with Crippen molar-refractivity contribution >= 4 is 9.04 Å². The summed E-state index contributed by atoms with van der Waals surface area (Å²) in [5.41, 5.74) is 0.759. The average molecular weight is 230 g/mol. The maximum Gasteiger partial charge on any atom is 0.178 e. The van der Waals surface area contributed by atoms with Gasteiger partial charge in [-0.3, -0.25) is 0 Å². The fraction of sp³-hybridized carbons (Fsp3) is 1.00. The third-order valence-corrected chi connectivity index (χ3v) is 6.59. The van der Waals surface area contributed by atoms with Gasteiger partial charge in [0.15, 0.2) is 9.04 Å². The lowest BCUT2D eigenvalue weighted by Crippen LogP contribution is -2.48. The fourth-order valence-corrected chi connectivity index (χ4v) is 5.64.